The summed E-state index contributed by atoms with van der Waals surface area (Å²) in [5.41, 5.74) is 0. The Bertz CT molecular complexity index is 160. The molecule has 0 bridgehead atoms. The van der Waals surface area contributed by atoms with Gasteiger partial charge in [-0.25, -0.2) is 0 Å². The lowest BCUT2D eigenvalue weighted by atomic mass is 10.4. The van der Waals surface area contributed by atoms with Crippen molar-refractivity contribution < 1.29 is 4.57 Å². The van der Waals surface area contributed by atoms with Gasteiger partial charge in [0.2, 0.25) is 0 Å². The first-order valence-corrected chi connectivity index (χ1v) is 6.25. The van der Waals surface area contributed by atoms with Crippen LogP contribution in [0.5, 0.6) is 0 Å². The summed E-state index contributed by atoms with van der Waals surface area (Å²) in [5.74, 6) is 0. The highest BCUT2D eigenvalue weighted by Crippen LogP contribution is 2.49. The molecule has 10 heavy (non-hydrogen) atoms. The van der Waals surface area contributed by atoms with Crippen LogP contribution in [0.2, 0.25) is 0 Å². The molecule has 1 rings (SSSR count). The number of allylic oxidation sites excluding steroid dienone is 2. The van der Waals surface area contributed by atoms with Gasteiger partial charge in [-0.05, 0) is 6.42 Å². The van der Waals surface area contributed by atoms with Gasteiger partial charge in [0.1, 0.15) is 0 Å². The second kappa shape index (κ2) is 3.39. The summed E-state index contributed by atoms with van der Waals surface area (Å²) in [6.07, 6.45) is 9.15. The molecule has 0 aromatic heterocycles. The van der Waals surface area contributed by atoms with Gasteiger partial charge in [-0.3, -0.25) is 0 Å². The quantitative estimate of drug-likeness (QED) is 0.456. The van der Waals surface area contributed by atoms with Crippen LogP contribution in [0.25, 0.3) is 0 Å². The highest BCUT2D eigenvalue weighted by molar-refractivity contribution is 7.64. The predicted octanol–water partition coefficient (Wildman–Crippen LogP) is 2.72. The third-order valence-electron chi connectivity index (χ3n) is 1.96. The molecule has 1 nitrogen and oxygen atoms in total. The zero-order valence-corrected chi connectivity index (χ0v) is 7.44. The molecule has 58 valence electrons. The maximum atomic E-state index is 11.7. The van der Waals surface area contributed by atoms with Crippen LogP contribution in [0.4, 0.5) is 0 Å². The second-order valence-corrected chi connectivity index (χ2v) is 6.27. The van der Waals surface area contributed by atoms with Crippen molar-refractivity contribution in [2.75, 3.05) is 18.5 Å². The van der Waals surface area contributed by atoms with Gasteiger partial charge in [-0.1, -0.05) is 25.5 Å². The number of hydrogen-bond acceptors (Lipinski definition) is 1. The molecule has 0 spiro atoms. The Morgan fingerprint density at radius 3 is 2.50 bits per heavy atom. The molecule has 0 N–H and O–H groups in total. The minimum atomic E-state index is -1.70. The maximum Gasteiger partial charge on any atom is 0.0949 e. The molecular weight excluding hydrogens is 143 g/mol. The van der Waals surface area contributed by atoms with Gasteiger partial charge in [-0.2, -0.15) is 0 Å². The van der Waals surface area contributed by atoms with Gasteiger partial charge in [-0.15, -0.1) is 0 Å². The van der Waals surface area contributed by atoms with Gasteiger partial charge >= 0.3 is 0 Å². The first-order chi connectivity index (χ1) is 4.77. The summed E-state index contributed by atoms with van der Waals surface area (Å²) in [4.78, 5) is 0. The van der Waals surface area contributed by atoms with Gasteiger partial charge in [0.15, 0.2) is 0 Å². The van der Waals surface area contributed by atoms with E-state index in [0.717, 1.165) is 24.9 Å². The van der Waals surface area contributed by atoms with Crippen molar-refractivity contribution in [2.45, 2.75) is 19.8 Å². The van der Waals surface area contributed by atoms with Crippen molar-refractivity contribution >= 4 is 7.14 Å². The topological polar surface area (TPSA) is 17.1 Å². The lowest BCUT2D eigenvalue weighted by Crippen LogP contribution is -1.91. The molecule has 0 radical (unpaired) electrons. The van der Waals surface area contributed by atoms with E-state index in [2.05, 4.69) is 19.1 Å². The van der Waals surface area contributed by atoms with Crippen molar-refractivity contribution in [3.05, 3.63) is 12.2 Å². The van der Waals surface area contributed by atoms with Crippen molar-refractivity contribution in [3.8, 4) is 0 Å². The molecule has 0 saturated heterocycles. The van der Waals surface area contributed by atoms with Crippen LogP contribution in [0.1, 0.15) is 19.8 Å². The number of rotatable bonds is 3. The highest BCUT2D eigenvalue weighted by atomic mass is 31.2. The van der Waals surface area contributed by atoms with Gasteiger partial charge in [0.05, 0.1) is 7.14 Å². The Morgan fingerprint density at radius 1 is 1.40 bits per heavy atom. The average Bonchev–Trinajstić information content (AvgIpc) is 2.33. The monoisotopic (exact) mass is 158 g/mol. The summed E-state index contributed by atoms with van der Waals surface area (Å²) in [7, 11) is -1.70. The predicted molar refractivity (Wildman–Crippen MR) is 46.3 cm³/mol. The summed E-state index contributed by atoms with van der Waals surface area (Å²) in [5, 5.41) is 0. The van der Waals surface area contributed by atoms with E-state index < -0.39 is 7.14 Å². The lowest BCUT2D eigenvalue weighted by molar-refractivity contribution is 0.577. The van der Waals surface area contributed by atoms with Crippen molar-refractivity contribution in [1.82, 2.24) is 0 Å². The Kier molecular flexibility index (Phi) is 2.73. The molecule has 2 heteroatoms. The van der Waals surface area contributed by atoms with E-state index in [1.54, 1.807) is 0 Å². The second-order valence-electron chi connectivity index (χ2n) is 2.97. The molecule has 0 fully saturated rings. The van der Waals surface area contributed by atoms with Crippen LogP contribution in [0, 0.1) is 0 Å². The number of unbranched alkanes of at least 4 members (excludes halogenated alkanes) is 1. The zero-order valence-electron chi connectivity index (χ0n) is 6.55. The minimum absolute atomic E-state index is 0.868. The molecule has 1 aliphatic rings. The third kappa shape index (κ3) is 1.98. The van der Waals surface area contributed by atoms with Gasteiger partial charge in [0.25, 0.3) is 0 Å². The van der Waals surface area contributed by atoms with Gasteiger partial charge in [0, 0.05) is 18.5 Å². The minimum Gasteiger partial charge on any atom is -0.323 e. The first-order valence-electron chi connectivity index (χ1n) is 3.99. The fourth-order valence-corrected chi connectivity index (χ4v) is 3.71. The summed E-state index contributed by atoms with van der Waals surface area (Å²) in [6.45, 7) is 2.15. The SMILES string of the molecule is CCCCP1(=O)CC=CC1. The Balaban J connectivity index is 2.32. The van der Waals surface area contributed by atoms with Crippen LogP contribution in [0.15, 0.2) is 12.2 Å². The van der Waals surface area contributed by atoms with Crippen molar-refractivity contribution in [2.24, 2.45) is 0 Å². The molecule has 1 aliphatic heterocycles. The zero-order chi connectivity index (χ0) is 7.45. The molecule has 0 unspecified atom stereocenters. The standard InChI is InChI=1S/C8H15OP/c1-2-3-6-10(9)7-4-5-8-10/h4-5H,2-3,6-8H2,1H3. The van der Waals surface area contributed by atoms with Gasteiger partial charge < -0.3 is 4.57 Å². The maximum absolute atomic E-state index is 11.7. The molecule has 0 aromatic rings. The fraction of sp³-hybridized carbons (Fsp3) is 0.750. The van der Waals surface area contributed by atoms with Crippen LogP contribution >= 0.6 is 7.14 Å². The number of hydrogen-bond donors (Lipinski definition) is 0. The summed E-state index contributed by atoms with van der Waals surface area (Å²) < 4.78 is 11.7. The Hall–Kier alpha value is -0.0300. The van der Waals surface area contributed by atoms with Crippen molar-refractivity contribution in [1.29, 1.82) is 0 Å². The Labute approximate surface area is 62.9 Å². The lowest BCUT2D eigenvalue weighted by Gasteiger charge is -2.08. The summed E-state index contributed by atoms with van der Waals surface area (Å²) >= 11 is 0. The molecule has 1 heterocycles. The molecule has 0 aliphatic carbocycles. The van der Waals surface area contributed by atoms with E-state index in [1.165, 1.54) is 6.42 Å². The van der Waals surface area contributed by atoms with E-state index >= 15 is 0 Å². The van der Waals surface area contributed by atoms with Crippen molar-refractivity contribution in [3.63, 3.8) is 0 Å². The summed E-state index contributed by atoms with van der Waals surface area (Å²) in [6, 6.07) is 0. The van der Waals surface area contributed by atoms with Crippen LogP contribution in [-0.4, -0.2) is 18.5 Å². The Morgan fingerprint density at radius 2 is 2.00 bits per heavy atom. The van der Waals surface area contributed by atoms with E-state index in [9.17, 15) is 4.57 Å². The molecular formula is C8H15OP. The molecule has 0 amide bonds. The largest absolute Gasteiger partial charge is 0.323 e. The smallest absolute Gasteiger partial charge is 0.0949 e. The molecule has 0 saturated carbocycles. The van der Waals surface area contributed by atoms with Crippen LogP contribution in [-0.2, 0) is 4.57 Å². The average molecular weight is 158 g/mol. The fourth-order valence-electron chi connectivity index (χ4n) is 1.24. The van der Waals surface area contributed by atoms with E-state index in [1.807, 2.05) is 0 Å². The van der Waals surface area contributed by atoms with Crippen LogP contribution in [0.3, 0.4) is 0 Å². The third-order valence-corrected chi connectivity index (χ3v) is 4.85. The van der Waals surface area contributed by atoms with E-state index in [4.69, 9.17) is 0 Å². The first kappa shape index (κ1) is 8.07. The van der Waals surface area contributed by atoms with Crippen LogP contribution < -0.4 is 0 Å². The molecule has 0 atom stereocenters. The van der Waals surface area contributed by atoms with E-state index in [0.29, 0.717) is 0 Å². The van der Waals surface area contributed by atoms with E-state index in [-0.39, 0.29) is 0 Å². The normalized spacial score (nSPS) is 21.7. The highest BCUT2D eigenvalue weighted by Gasteiger charge is 2.21. The molecule has 0 aromatic carbocycles.